The molecule has 110 valence electrons. The molecule has 0 aliphatic carbocycles. The molecule has 1 heterocycles. The molecule has 0 saturated carbocycles. The van der Waals surface area contributed by atoms with E-state index in [2.05, 4.69) is 5.32 Å². The summed E-state index contributed by atoms with van der Waals surface area (Å²) in [5, 5.41) is 7.80. The molecule has 1 fully saturated rings. The lowest BCUT2D eigenvalue weighted by atomic mass is 10.2. The Morgan fingerprint density at radius 3 is 2.70 bits per heavy atom. The van der Waals surface area contributed by atoms with Gasteiger partial charge in [-0.25, -0.2) is 18.4 Å². The Bertz CT molecular complexity index is 582. The van der Waals surface area contributed by atoms with Crippen LogP contribution in [0.5, 0.6) is 0 Å². The molecule has 0 bridgehead atoms. The first-order valence-electron chi connectivity index (χ1n) is 6.19. The van der Waals surface area contributed by atoms with Crippen molar-refractivity contribution in [3.8, 4) is 0 Å². The first kappa shape index (κ1) is 14.8. The van der Waals surface area contributed by atoms with Crippen molar-refractivity contribution in [2.45, 2.75) is 11.4 Å². The summed E-state index contributed by atoms with van der Waals surface area (Å²) >= 11 is 0. The zero-order chi connectivity index (χ0) is 14.6. The van der Waals surface area contributed by atoms with Crippen LogP contribution >= 0.6 is 0 Å². The number of ether oxygens (including phenoxy) is 1. The minimum atomic E-state index is -3.72. The molecule has 3 N–H and O–H groups in total. The highest BCUT2D eigenvalue weighted by Gasteiger charge is 2.16. The van der Waals surface area contributed by atoms with Crippen LogP contribution in [-0.2, 0) is 21.3 Å². The van der Waals surface area contributed by atoms with E-state index in [4.69, 9.17) is 9.88 Å². The van der Waals surface area contributed by atoms with Crippen molar-refractivity contribution < 1.29 is 17.9 Å². The van der Waals surface area contributed by atoms with E-state index < -0.39 is 10.0 Å². The minimum Gasteiger partial charge on any atom is -0.378 e. The molecule has 1 aliphatic heterocycles. The molecular formula is C12H17N3O4S. The van der Waals surface area contributed by atoms with Gasteiger partial charge in [-0.3, -0.25) is 0 Å². The van der Waals surface area contributed by atoms with Gasteiger partial charge in [-0.15, -0.1) is 0 Å². The number of hydrogen-bond acceptors (Lipinski definition) is 4. The summed E-state index contributed by atoms with van der Waals surface area (Å²) in [6.45, 7) is 2.44. The van der Waals surface area contributed by atoms with Gasteiger partial charge in [-0.05, 0) is 17.7 Å². The van der Waals surface area contributed by atoms with E-state index >= 15 is 0 Å². The van der Waals surface area contributed by atoms with Gasteiger partial charge in [0, 0.05) is 19.6 Å². The summed E-state index contributed by atoms with van der Waals surface area (Å²) < 4.78 is 27.6. The summed E-state index contributed by atoms with van der Waals surface area (Å²) in [5.74, 6) is 0. The van der Waals surface area contributed by atoms with Crippen molar-refractivity contribution in [1.29, 1.82) is 0 Å². The number of nitrogens with two attached hydrogens (primary N) is 1. The quantitative estimate of drug-likeness (QED) is 0.812. The van der Waals surface area contributed by atoms with Crippen molar-refractivity contribution in [2.75, 3.05) is 26.3 Å². The highest BCUT2D eigenvalue weighted by Crippen LogP contribution is 2.09. The summed E-state index contributed by atoms with van der Waals surface area (Å²) in [6.07, 6.45) is 0. The predicted octanol–water partition coefficient (Wildman–Crippen LogP) is -0.124. The number of benzene rings is 1. The Labute approximate surface area is 117 Å². The number of urea groups is 1. The molecule has 2 rings (SSSR count). The second kappa shape index (κ2) is 6.21. The number of morpholine rings is 1. The van der Waals surface area contributed by atoms with Gasteiger partial charge in [0.2, 0.25) is 10.0 Å². The highest BCUT2D eigenvalue weighted by atomic mass is 32.2. The van der Waals surface area contributed by atoms with Crippen molar-refractivity contribution in [1.82, 2.24) is 10.2 Å². The number of rotatable bonds is 3. The van der Waals surface area contributed by atoms with Gasteiger partial charge in [-0.1, -0.05) is 12.1 Å². The summed E-state index contributed by atoms with van der Waals surface area (Å²) in [6, 6.07) is 6.01. The van der Waals surface area contributed by atoms with E-state index in [9.17, 15) is 13.2 Å². The molecule has 1 saturated heterocycles. The molecule has 7 nitrogen and oxygen atoms in total. The number of carbonyl (C=O) groups is 1. The van der Waals surface area contributed by atoms with Crippen molar-refractivity contribution in [3.05, 3.63) is 29.8 Å². The zero-order valence-corrected chi connectivity index (χ0v) is 11.7. The lowest BCUT2D eigenvalue weighted by molar-refractivity contribution is 0.0531. The van der Waals surface area contributed by atoms with Gasteiger partial charge in [0.15, 0.2) is 0 Å². The van der Waals surface area contributed by atoms with Gasteiger partial charge < -0.3 is 15.0 Å². The SMILES string of the molecule is NS(=O)(=O)c1cccc(CNC(=O)N2CCOCC2)c1. The fourth-order valence-corrected chi connectivity index (χ4v) is 2.47. The van der Waals surface area contributed by atoms with E-state index in [0.29, 0.717) is 31.9 Å². The second-order valence-corrected chi connectivity index (χ2v) is 6.01. The largest absolute Gasteiger partial charge is 0.378 e. The molecule has 20 heavy (non-hydrogen) atoms. The van der Waals surface area contributed by atoms with Crippen LogP contribution in [0.25, 0.3) is 0 Å². The molecule has 0 spiro atoms. The van der Waals surface area contributed by atoms with E-state index in [-0.39, 0.29) is 17.5 Å². The number of hydrogen-bond donors (Lipinski definition) is 2. The van der Waals surface area contributed by atoms with Crippen molar-refractivity contribution in [3.63, 3.8) is 0 Å². The summed E-state index contributed by atoms with van der Waals surface area (Å²) in [4.78, 5) is 13.6. The molecule has 2 amide bonds. The summed E-state index contributed by atoms with van der Waals surface area (Å²) in [5.41, 5.74) is 0.679. The third-order valence-corrected chi connectivity index (χ3v) is 3.88. The molecule has 0 radical (unpaired) electrons. The number of nitrogens with zero attached hydrogens (tertiary/aromatic N) is 1. The molecule has 1 aromatic carbocycles. The van der Waals surface area contributed by atoms with Gasteiger partial charge in [0.1, 0.15) is 0 Å². The Balaban J connectivity index is 1.95. The predicted molar refractivity (Wildman–Crippen MR) is 72.4 cm³/mol. The van der Waals surface area contributed by atoms with Crippen LogP contribution in [-0.4, -0.2) is 45.7 Å². The number of primary sulfonamides is 1. The smallest absolute Gasteiger partial charge is 0.317 e. The van der Waals surface area contributed by atoms with Crippen LogP contribution in [0.3, 0.4) is 0 Å². The Hall–Kier alpha value is -1.64. The van der Waals surface area contributed by atoms with Crippen molar-refractivity contribution in [2.24, 2.45) is 5.14 Å². The monoisotopic (exact) mass is 299 g/mol. The van der Waals surface area contributed by atoms with E-state index in [0.717, 1.165) is 0 Å². The van der Waals surface area contributed by atoms with Crippen LogP contribution in [0.4, 0.5) is 4.79 Å². The lowest BCUT2D eigenvalue weighted by Gasteiger charge is -2.26. The van der Waals surface area contributed by atoms with E-state index in [1.165, 1.54) is 12.1 Å². The Morgan fingerprint density at radius 1 is 1.35 bits per heavy atom. The maximum Gasteiger partial charge on any atom is 0.317 e. The third-order valence-electron chi connectivity index (χ3n) is 2.97. The molecule has 0 atom stereocenters. The van der Waals surface area contributed by atoms with Crippen molar-refractivity contribution >= 4 is 16.1 Å². The first-order chi connectivity index (χ1) is 9.47. The number of nitrogens with one attached hydrogen (secondary N) is 1. The standard InChI is InChI=1S/C12H17N3O4S/c13-20(17,18)11-3-1-2-10(8-11)9-14-12(16)15-4-6-19-7-5-15/h1-3,8H,4-7,9H2,(H,14,16)(H2,13,17,18). The maximum atomic E-state index is 11.9. The average Bonchev–Trinajstić information content (AvgIpc) is 2.45. The topological polar surface area (TPSA) is 102 Å². The first-order valence-corrected chi connectivity index (χ1v) is 7.74. The van der Waals surface area contributed by atoms with Crippen LogP contribution < -0.4 is 10.5 Å². The Kier molecular flexibility index (Phi) is 4.58. The number of sulfonamides is 1. The van der Waals surface area contributed by atoms with Crippen LogP contribution in [0, 0.1) is 0 Å². The van der Waals surface area contributed by atoms with Gasteiger partial charge in [0.25, 0.3) is 0 Å². The van der Waals surface area contributed by atoms with Gasteiger partial charge in [-0.2, -0.15) is 0 Å². The zero-order valence-electron chi connectivity index (χ0n) is 10.9. The van der Waals surface area contributed by atoms with Gasteiger partial charge in [0.05, 0.1) is 18.1 Å². The van der Waals surface area contributed by atoms with Crippen LogP contribution in [0.15, 0.2) is 29.2 Å². The van der Waals surface area contributed by atoms with Crippen LogP contribution in [0.1, 0.15) is 5.56 Å². The fourth-order valence-electron chi connectivity index (χ4n) is 1.89. The van der Waals surface area contributed by atoms with E-state index in [1.807, 2.05) is 0 Å². The lowest BCUT2D eigenvalue weighted by Crippen LogP contribution is -2.45. The van der Waals surface area contributed by atoms with Crippen LogP contribution in [0.2, 0.25) is 0 Å². The highest BCUT2D eigenvalue weighted by molar-refractivity contribution is 7.89. The fraction of sp³-hybridized carbons (Fsp3) is 0.417. The Morgan fingerprint density at radius 2 is 2.05 bits per heavy atom. The molecule has 0 unspecified atom stereocenters. The minimum absolute atomic E-state index is 0.0376. The van der Waals surface area contributed by atoms with E-state index in [1.54, 1.807) is 17.0 Å². The second-order valence-electron chi connectivity index (χ2n) is 4.45. The number of amides is 2. The molecule has 1 aromatic rings. The number of carbonyl (C=O) groups excluding carboxylic acids is 1. The maximum absolute atomic E-state index is 11.9. The summed E-state index contributed by atoms with van der Waals surface area (Å²) in [7, 11) is -3.72. The average molecular weight is 299 g/mol. The third kappa shape index (κ3) is 3.92. The molecule has 8 heteroatoms. The normalized spacial score (nSPS) is 15.9. The molecular weight excluding hydrogens is 282 g/mol. The molecule has 0 aromatic heterocycles. The van der Waals surface area contributed by atoms with Gasteiger partial charge >= 0.3 is 6.03 Å². The molecule has 1 aliphatic rings.